The summed E-state index contributed by atoms with van der Waals surface area (Å²) < 4.78 is 0. The fraction of sp³-hybridized carbons (Fsp3) is 0.143. The highest BCUT2D eigenvalue weighted by Crippen LogP contribution is 2.31. The molecule has 0 atom stereocenters. The molecule has 5 heteroatoms. The molecule has 0 saturated carbocycles. The summed E-state index contributed by atoms with van der Waals surface area (Å²) in [7, 11) is 0. The smallest absolute Gasteiger partial charge is 0.139 e. The summed E-state index contributed by atoms with van der Waals surface area (Å²) in [5.41, 5.74) is 2.23. The van der Waals surface area contributed by atoms with Crippen molar-refractivity contribution in [1.82, 2.24) is 0 Å². The first-order valence-corrected chi connectivity index (χ1v) is 6.43. The number of halogens is 2. The SMILES string of the molecule is Cc1cc(NCc2cc(Cl)cc(Cl)c2O)ccc1O. The van der Waals surface area contributed by atoms with Crippen molar-refractivity contribution in [3.8, 4) is 11.5 Å². The van der Waals surface area contributed by atoms with Crippen LogP contribution in [0.3, 0.4) is 0 Å². The van der Waals surface area contributed by atoms with Gasteiger partial charge >= 0.3 is 0 Å². The van der Waals surface area contributed by atoms with Crippen molar-refractivity contribution in [1.29, 1.82) is 0 Å². The molecule has 2 aromatic carbocycles. The Morgan fingerprint density at radius 2 is 1.84 bits per heavy atom. The van der Waals surface area contributed by atoms with Crippen LogP contribution in [-0.2, 0) is 6.54 Å². The minimum atomic E-state index is 0.0223. The van der Waals surface area contributed by atoms with E-state index in [-0.39, 0.29) is 16.5 Å². The number of hydrogen-bond donors (Lipinski definition) is 3. The minimum absolute atomic E-state index is 0.0223. The van der Waals surface area contributed by atoms with E-state index in [9.17, 15) is 10.2 Å². The van der Waals surface area contributed by atoms with Gasteiger partial charge in [-0.15, -0.1) is 0 Å². The Bertz CT molecular complexity index is 615. The number of hydrogen-bond acceptors (Lipinski definition) is 3. The molecule has 0 aliphatic heterocycles. The first-order valence-electron chi connectivity index (χ1n) is 5.68. The molecule has 0 aromatic heterocycles. The molecule has 3 N–H and O–H groups in total. The second kappa shape index (κ2) is 5.59. The van der Waals surface area contributed by atoms with E-state index < -0.39 is 0 Å². The molecule has 0 amide bonds. The van der Waals surface area contributed by atoms with Gasteiger partial charge in [0.05, 0.1) is 5.02 Å². The van der Waals surface area contributed by atoms with Crippen LogP contribution in [0.25, 0.3) is 0 Å². The van der Waals surface area contributed by atoms with Crippen LogP contribution < -0.4 is 5.32 Å². The van der Waals surface area contributed by atoms with Gasteiger partial charge in [0.15, 0.2) is 0 Å². The highest BCUT2D eigenvalue weighted by molar-refractivity contribution is 6.35. The molecule has 0 bridgehead atoms. The zero-order valence-electron chi connectivity index (χ0n) is 10.2. The maximum atomic E-state index is 9.83. The first kappa shape index (κ1) is 13.8. The number of nitrogens with one attached hydrogen (secondary N) is 1. The Kier molecular flexibility index (Phi) is 4.08. The lowest BCUT2D eigenvalue weighted by Gasteiger charge is -2.11. The summed E-state index contributed by atoms with van der Waals surface area (Å²) in [6, 6.07) is 8.34. The predicted octanol–water partition coefficient (Wildman–Crippen LogP) is 4.33. The molecule has 0 aliphatic rings. The van der Waals surface area contributed by atoms with Gasteiger partial charge in [-0.05, 0) is 42.8 Å². The van der Waals surface area contributed by atoms with Crippen LogP contribution in [0.4, 0.5) is 5.69 Å². The highest BCUT2D eigenvalue weighted by Gasteiger charge is 2.08. The summed E-state index contributed by atoms with van der Waals surface area (Å²) in [6.45, 7) is 2.20. The lowest BCUT2D eigenvalue weighted by molar-refractivity contribution is 0.469. The second-order valence-electron chi connectivity index (χ2n) is 4.25. The van der Waals surface area contributed by atoms with Gasteiger partial charge in [-0.3, -0.25) is 0 Å². The Balaban J connectivity index is 2.16. The molecule has 100 valence electrons. The van der Waals surface area contributed by atoms with Crippen LogP contribution >= 0.6 is 23.2 Å². The second-order valence-corrected chi connectivity index (χ2v) is 5.09. The van der Waals surface area contributed by atoms with Gasteiger partial charge in [0.2, 0.25) is 0 Å². The van der Waals surface area contributed by atoms with E-state index in [1.807, 2.05) is 13.0 Å². The van der Waals surface area contributed by atoms with Gasteiger partial charge in [0, 0.05) is 22.8 Å². The number of aromatic hydroxyl groups is 2. The summed E-state index contributed by atoms with van der Waals surface area (Å²) in [5.74, 6) is 0.272. The van der Waals surface area contributed by atoms with Gasteiger partial charge in [-0.2, -0.15) is 0 Å². The van der Waals surface area contributed by atoms with Crippen molar-refractivity contribution in [3.05, 3.63) is 51.5 Å². The Morgan fingerprint density at radius 3 is 2.53 bits per heavy atom. The van der Waals surface area contributed by atoms with Crippen LogP contribution in [0.5, 0.6) is 11.5 Å². The number of phenols is 2. The molecule has 0 radical (unpaired) electrons. The number of phenolic OH excluding ortho intramolecular Hbond substituents is 2. The van der Waals surface area contributed by atoms with Crippen LogP contribution in [-0.4, -0.2) is 10.2 Å². The normalized spacial score (nSPS) is 10.5. The van der Waals surface area contributed by atoms with Crippen molar-refractivity contribution in [3.63, 3.8) is 0 Å². The van der Waals surface area contributed by atoms with Crippen molar-refractivity contribution in [2.45, 2.75) is 13.5 Å². The summed E-state index contributed by atoms with van der Waals surface area (Å²) in [4.78, 5) is 0. The maximum Gasteiger partial charge on any atom is 0.139 e. The molecule has 2 rings (SSSR count). The van der Waals surface area contributed by atoms with Gasteiger partial charge in [0.1, 0.15) is 11.5 Å². The van der Waals surface area contributed by atoms with Gasteiger partial charge in [0.25, 0.3) is 0 Å². The van der Waals surface area contributed by atoms with Crippen LogP contribution in [0.1, 0.15) is 11.1 Å². The van der Waals surface area contributed by atoms with Gasteiger partial charge in [-0.1, -0.05) is 23.2 Å². The number of benzene rings is 2. The van der Waals surface area contributed by atoms with Crippen LogP contribution in [0, 0.1) is 6.92 Å². The molecular weight excluding hydrogens is 285 g/mol. The zero-order valence-corrected chi connectivity index (χ0v) is 11.8. The van der Waals surface area contributed by atoms with Crippen molar-refractivity contribution >= 4 is 28.9 Å². The molecule has 0 fully saturated rings. The number of anilines is 1. The van der Waals surface area contributed by atoms with E-state index in [1.165, 1.54) is 6.07 Å². The van der Waals surface area contributed by atoms with Crippen molar-refractivity contribution in [2.75, 3.05) is 5.32 Å². The molecule has 0 aliphatic carbocycles. The summed E-state index contributed by atoms with van der Waals surface area (Å²) >= 11 is 11.7. The van der Waals surface area contributed by atoms with E-state index in [4.69, 9.17) is 23.2 Å². The molecule has 3 nitrogen and oxygen atoms in total. The standard InChI is InChI=1S/C14H13Cl2NO2/c1-8-4-11(2-3-13(8)18)17-7-9-5-10(15)6-12(16)14(9)19/h2-6,17-19H,7H2,1H3. The maximum absolute atomic E-state index is 9.83. The quantitative estimate of drug-likeness (QED) is 0.739. The Labute approximate surface area is 121 Å². The van der Waals surface area contributed by atoms with Crippen molar-refractivity contribution in [2.24, 2.45) is 0 Å². The number of rotatable bonds is 3. The fourth-order valence-electron chi connectivity index (χ4n) is 1.72. The van der Waals surface area contributed by atoms with Crippen molar-refractivity contribution < 1.29 is 10.2 Å². The third-order valence-electron chi connectivity index (χ3n) is 2.79. The van der Waals surface area contributed by atoms with Gasteiger partial charge in [-0.25, -0.2) is 0 Å². The molecular formula is C14H13Cl2NO2. The van der Waals surface area contributed by atoms with E-state index in [1.54, 1.807) is 18.2 Å². The minimum Gasteiger partial charge on any atom is -0.508 e. The lowest BCUT2D eigenvalue weighted by Crippen LogP contribution is -2.00. The van der Waals surface area contributed by atoms with Crippen LogP contribution in [0.15, 0.2) is 30.3 Å². The first-order chi connectivity index (χ1) is 8.97. The fourth-order valence-corrected chi connectivity index (χ4v) is 2.25. The predicted molar refractivity (Wildman–Crippen MR) is 78.3 cm³/mol. The summed E-state index contributed by atoms with van der Waals surface area (Å²) in [6.07, 6.45) is 0. The Morgan fingerprint density at radius 1 is 1.11 bits per heavy atom. The average molecular weight is 298 g/mol. The molecule has 2 aromatic rings. The lowest BCUT2D eigenvalue weighted by atomic mass is 10.1. The third-order valence-corrected chi connectivity index (χ3v) is 3.29. The molecule has 0 heterocycles. The van der Waals surface area contributed by atoms with Crippen LogP contribution in [0.2, 0.25) is 10.0 Å². The van der Waals surface area contributed by atoms with E-state index in [0.29, 0.717) is 17.1 Å². The largest absolute Gasteiger partial charge is 0.508 e. The molecule has 0 saturated heterocycles. The molecule has 0 spiro atoms. The zero-order chi connectivity index (χ0) is 14.0. The molecule has 0 unspecified atom stereocenters. The van der Waals surface area contributed by atoms with E-state index >= 15 is 0 Å². The van der Waals surface area contributed by atoms with E-state index in [2.05, 4.69) is 5.32 Å². The topological polar surface area (TPSA) is 52.5 Å². The highest BCUT2D eigenvalue weighted by atomic mass is 35.5. The summed E-state index contributed by atoms with van der Waals surface area (Å²) in [5, 5.41) is 23.1. The van der Waals surface area contributed by atoms with E-state index in [0.717, 1.165) is 11.3 Å². The monoisotopic (exact) mass is 297 g/mol. The number of aryl methyl sites for hydroxylation is 1. The third kappa shape index (κ3) is 3.25. The average Bonchev–Trinajstić information content (AvgIpc) is 2.36. The Hall–Kier alpha value is -1.58. The molecule has 19 heavy (non-hydrogen) atoms. The van der Waals surface area contributed by atoms with Gasteiger partial charge < -0.3 is 15.5 Å².